The smallest absolute Gasteiger partial charge is 0.223 e. The Labute approximate surface area is 106 Å². The maximum absolute atomic E-state index is 12.2. The average Bonchev–Trinajstić information content (AvgIpc) is 2.30. The first-order valence-corrected chi connectivity index (χ1v) is 7.05. The van der Waals surface area contributed by atoms with E-state index in [1.807, 2.05) is 0 Å². The van der Waals surface area contributed by atoms with Gasteiger partial charge in [0.15, 0.2) is 0 Å². The van der Waals surface area contributed by atoms with Gasteiger partial charge in [0, 0.05) is 18.0 Å². The van der Waals surface area contributed by atoms with Gasteiger partial charge in [-0.1, -0.05) is 27.7 Å². The van der Waals surface area contributed by atoms with E-state index in [2.05, 4.69) is 33.0 Å². The van der Waals surface area contributed by atoms with Crippen LogP contribution >= 0.6 is 0 Å². The Kier molecular flexibility index (Phi) is 5.44. The van der Waals surface area contributed by atoms with Crippen LogP contribution in [0.3, 0.4) is 0 Å². The maximum atomic E-state index is 12.2. The fraction of sp³-hybridized carbons (Fsp3) is 0.929. The third-order valence-electron chi connectivity index (χ3n) is 4.36. The number of rotatable bonds is 4. The van der Waals surface area contributed by atoms with E-state index >= 15 is 0 Å². The normalized spacial score (nSPS) is 33.8. The van der Waals surface area contributed by atoms with E-state index in [0.29, 0.717) is 17.9 Å². The molecule has 4 unspecified atom stereocenters. The largest absolute Gasteiger partial charge is 0.353 e. The van der Waals surface area contributed by atoms with Crippen LogP contribution in [0.25, 0.3) is 0 Å². The summed E-state index contributed by atoms with van der Waals surface area (Å²) in [4.78, 5) is 12.2. The molecule has 0 heterocycles. The molecule has 17 heavy (non-hydrogen) atoms. The van der Waals surface area contributed by atoms with Gasteiger partial charge in [0.05, 0.1) is 0 Å². The molecule has 1 aliphatic rings. The number of nitrogens with one attached hydrogen (secondary N) is 1. The van der Waals surface area contributed by atoms with Crippen LogP contribution < -0.4 is 11.1 Å². The van der Waals surface area contributed by atoms with Crippen LogP contribution in [0, 0.1) is 17.8 Å². The molecule has 4 atom stereocenters. The fourth-order valence-corrected chi connectivity index (χ4v) is 2.85. The number of amides is 1. The second kappa shape index (κ2) is 6.39. The molecular formula is C14H28N2O. The van der Waals surface area contributed by atoms with Crippen molar-refractivity contribution in [1.29, 1.82) is 0 Å². The Bertz CT molecular complexity index is 251. The van der Waals surface area contributed by atoms with Crippen LogP contribution in [0.1, 0.15) is 53.4 Å². The number of carbonyl (C=O) groups excluding carboxylic acids is 1. The summed E-state index contributed by atoms with van der Waals surface area (Å²) in [6, 6.07) is 0.508. The first-order chi connectivity index (χ1) is 7.99. The molecule has 3 nitrogen and oxygen atoms in total. The highest BCUT2D eigenvalue weighted by molar-refractivity contribution is 5.79. The summed E-state index contributed by atoms with van der Waals surface area (Å²) in [7, 11) is 0. The van der Waals surface area contributed by atoms with Crippen LogP contribution in [-0.2, 0) is 4.79 Å². The number of hydrogen-bond acceptors (Lipinski definition) is 2. The zero-order valence-corrected chi connectivity index (χ0v) is 11.7. The van der Waals surface area contributed by atoms with E-state index in [1.54, 1.807) is 0 Å². The van der Waals surface area contributed by atoms with Crippen molar-refractivity contribution in [3.8, 4) is 0 Å². The van der Waals surface area contributed by atoms with Crippen LogP contribution in [-0.4, -0.2) is 18.0 Å². The highest BCUT2D eigenvalue weighted by atomic mass is 16.1. The maximum Gasteiger partial charge on any atom is 0.223 e. The SMILES string of the molecule is CCC(CC)NC(=O)C1CC(N)C(C)CC1C. The second-order valence-electron chi connectivity index (χ2n) is 5.72. The molecule has 3 N–H and O–H groups in total. The van der Waals surface area contributed by atoms with Crippen molar-refractivity contribution in [3.05, 3.63) is 0 Å². The Morgan fingerprint density at radius 2 is 1.82 bits per heavy atom. The van der Waals surface area contributed by atoms with Crippen LogP contribution in [0.4, 0.5) is 0 Å². The van der Waals surface area contributed by atoms with E-state index < -0.39 is 0 Å². The van der Waals surface area contributed by atoms with Gasteiger partial charge < -0.3 is 11.1 Å². The minimum Gasteiger partial charge on any atom is -0.353 e. The molecule has 0 saturated heterocycles. The lowest BCUT2D eigenvalue weighted by molar-refractivity contribution is -0.129. The molecule has 1 rings (SSSR count). The lowest BCUT2D eigenvalue weighted by Gasteiger charge is -2.36. The first kappa shape index (κ1) is 14.5. The lowest BCUT2D eigenvalue weighted by Crippen LogP contribution is -2.47. The average molecular weight is 240 g/mol. The van der Waals surface area contributed by atoms with Gasteiger partial charge in [-0.15, -0.1) is 0 Å². The molecule has 0 bridgehead atoms. The molecule has 3 heteroatoms. The molecule has 0 aromatic heterocycles. The van der Waals surface area contributed by atoms with Gasteiger partial charge in [0.1, 0.15) is 0 Å². The van der Waals surface area contributed by atoms with Gasteiger partial charge in [-0.05, 0) is 37.5 Å². The lowest BCUT2D eigenvalue weighted by atomic mass is 9.72. The first-order valence-electron chi connectivity index (χ1n) is 7.05. The summed E-state index contributed by atoms with van der Waals surface area (Å²) in [6.07, 6.45) is 3.92. The van der Waals surface area contributed by atoms with Gasteiger partial charge in [0.25, 0.3) is 0 Å². The molecule has 0 radical (unpaired) electrons. The summed E-state index contributed by atoms with van der Waals surface area (Å²) < 4.78 is 0. The third-order valence-corrected chi connectivity index (χ3v) is 4.36. The van der Waals surface area contributed by atoms with Gasteiger partial charge in [-0.2, -0.15) is 0 Å². The summed E-state index contributed by atoms with van der Waals surface area (Å²) in [6.45, 7) is 8.61. The van der Waals surface area contributed by atoms with Crippen LogP contribution in [0.5, 0.6) is 0 Å². The predicted molar refractivity (Wildman–Crippen MR) is 71.5 cm³/mol. The quantitative estimate of drug-likeness (QED) is 0.792. The Morgan fingerprint density at radius 1 is 1.24 bits per heavy atom. The van der Waals surface area contributed by atoms with Crippen molar-refractivity contribution in [1.82, 2.24) is 5.32 Å². The van der Waals surface area contributed by atoms with Gasteiger partial charge in [-0.25, -0.2) is 0 Å². The monoisotopic (exact) mass is 240 g/mol. The van der Waals surface area contributed by atoms with Crippen LogP contribution in [0.2, 0.25) is 0 Å². The number of nitrogens with two attached hydrogens (primary N) is 1. The molecule has 100 valence electrons. The standard InChI is InChI=1S/C14H28N2O/c1-5-11(6-2)16-14(17)12-8-13(15)10(4)7-9(12)3/h9-13H,5-8,15H2,1-4H3,(H,16,17). The van der Waals surface area contributed by atoms with Crippen molar-refractivity contribution in [2.75, 3.05) is 0 Å². The van der Waals surface area contributed by atoms with E-state index in [4.69, 9.17) is 5.73 Å². The Morgan fingerprint density at radius 3 is 2.35 bits per heavy atom. The molecular weight excluding hydrogens is 212 g/mol. The topological polar surface area (TPSA) is 55.1 Å². The van der Waals surface area contributed by atoms with Crippen molar-refractivity contribution in [3.63, 3.8) is 0 Å². The minimum atomic E-state index is 0.113. The Balaban J connectivity index is 2.56. The van der Waals surface area contributed by atoms with Gasteiger partial charge in [0.2, 0.25) is 5.91 Å². The molecule has 0 aliphatic heterocycles. The molecule has 1 amide bonds. The Hall–Kier alpha value is -0.570. The van der Waals surface area contributed by atoms with Crippen molar-refractivity contribution in [2.24, 2.45) is 23.5 Å². The number of carbonyl (C=O) groups is 1. The molecule has 0 aromatic carbocycles. The highest BCUT2D eigenvalue weighted by Crippen LogP contribution is 2.33. The van der Waals surface area contributed by atoms with E-state index in [0.717, 1.165) is 25.7 Å². The minimum absolute atomic E-state index is 0.113. The van der Waals surface area contributed by atoms with E-state index in [-0.39, 0.29) is 17.9 Å². The van der Waals surface area contributed by atoms with Crippen molar-refractivity contribution < 1.29 is 4.79 Å². The van der Waals surface area contributed by atoms with Crippen LogP contribution in [0.15, 0.2) is 0 Å². The summed E-state index contributed by atoms with van der Waals surface area (Å²) >= 11 is 0. The molecule has 0 spiro atoms. The predicted octanol–water partition coefficient (Wildman–Crippen LogP) is 2.30. The summed E-state index contributed by atoms with van der Waals surface area (Å²) in [5.41, 5.74) is 6.08. The van der Waals surface area contributed by atoms with Gasteiger partial charge in [-0.3, -0.25) is 4.79 Å². The zero-order chi connectivity index (χ0) is 13.0. The fourth-order valence-electron chi connectivity index (χ4n) is 2.85. The van der Waals surface area contributed by atoms with Crippen molar-refractivity contribution >= 4 is 5.91 Å². The number of hydrogen-bond donors (Lipinski definition) is 2. The van der Waals surface area contributed by atoms with Crippen molar-refractivity contribution in [2.45, 2.75) is 65.5 Å². The second-order valence-corrected chi connectivity index (χ2v) is 5.72. The summed E-state index contributed by atoms with van der Waals surface area (Å²) in [5.74, 6) is 1.33. The summed E-state index contributed by atoms with van der Waals surface area (Å²) in [5, 5.41) is 3.16. The van der Waals surface area contributed by atoms with E-state index in [9.17, 15) is 4.79 Å². The highest BCUT2D eigenvalue weighted by Gasteiger charge is 2.35. The zero-order valence-electron chi connectivity index (χ0n) is 11.7. The molecule has 1 saturated carbocycles. The molecule has 1 fully saturated rings. The molecule has 1 aliphatic carbocycles. The van der Waals surface area contributed by atoms with Gasteiger partial charge >= 0.3 is 0 Å². The van der Waals surface area contributed by atoms with E-state index in [1.165, 1.54) is 0 Å². The molecule has 0 aromatic rings. The third kappa shape index (κ3) is 3.70.